The maximum atomic E-state index is 11.9. The SMILES string of the molecule is CCOc1ccc(NC(=O)CN(C)CCC(=O)O)c([N+](=O)[O-])c1.Cl. The van der Waals surface area contributed by atoms with E-state index in [2.05, 4.69) is 5.32 Å². The highest BCUT2D eigenvalue weighted by Gasteiger charge is 2.18. The minimum Gasteiger partial charge on any atom is -0.494 e. The smallest absolute Gasteiger partial charge is 0.304 e. The van der Waals surface area contributed by atoms with E-state index in [1.165, 1.54) is 23.1 Å². The second-order valence-corrected chi connectivity index (χ2v) is 4.80. The minimum absolute atomic E-state index is 0. The second kappa shape index (κ2) is 10.4. The van der Waals surface area contributed by atoms with E-state index in [-0.39, 0.29) is 43.3 Å². The molecule has 24 heavy (non-hydrogen) atoms. The van der Waals surface area contributed by atoms with Gasteiger partial charge in [-0.15, -0.1) is 12.4 Å². The number of rotatable bonds is 9. The Kier molecular flexibility index (Phi) is 9.36. The number of carbonyl (C=O) groups excluding carboxylic acids is 1. The van der Waals surface area contributed by atoms with Gasteiger partial charge in [-0.3, -0.25) is 24.6 Å². The summed E-state index contributed by atoms with van der Waals surface area (Å²) in [4.78, 5) is 34.4. The fraction of sp³-hybridized carbons (Fsp3) is 0.429. The van der Waals surface area contributed by atoms with E-state index in [0.29, 0.717) is 12.4 Å². The van der Waals surface area contributed by atoms with Crippen molar-refractivity contribution in [1.82, 2.24) is 4.90 Å². The quantitative estimate of drug-likeness (QED) is 0.507. The summed E-state index contributed by atoms with van der Waals surface area (Å²) in [6.07, 6.45) is -0.0903. The average molecular weight is 362 g/mol. The molecule has 1 aromatic carbocycles. The lowest BCUT2D eigenvalue weighted by Gasteiger charge is -2.15. The Labute approximate surface area is 145 Å². The molecule has 0 aliphatic rings. The van der Waals surface area contributed by atoms with E-state index in [1.54, 1.807) is 14.0 Å². The maximum Gasteiger partial charge on any atom is 0.304 e. The highest BCUT2D eigenvalue weighted by Crippen LogP contribution is 2.29. The zero-order valence-corrected chi connectivity index (χ0v) is 14.2. The lowest BCUT2D eigenvalue weighted by Crippen LogP contribution is -2.31. The van der Waals surface area contributed by atoms with Crippen molar-refractivity contribution in [1.29, 1.82) is 0 Å². The molecule has 1 amide bonds. The molecular formula is C14H20ClN3O6. The number of nitrogens with zero attached hydrogens (tertiary/aromatic N) is 2. The monoisotopic (exact) mass is 361 g/mol. The highest BCUT2D eigenvalue weighted by atomic mass is 35.5. The summed E-state index contributed by atoms with van der Waals surface area (Å²) in [5, 5.41) is 22.1. The van der Waals surface area contributed by atoms with E-state index < -0.39 is 16.8 Å². The van der Waals surface area contributed by atoms with Gasteiger partial charge in [0.2, 0.25) is 5.91 Å². The van der Waals surface area contributed by atoms with Crippen molar-refractivity contribution in [3.05, 3.63) is 28.3 Å². The van der Waals surface area contributed by atoms with Crippen molar-refractivity contribution in [3.8, 4) is 5.75 Å². The van der Waals surface area contributed by atoms with E-state index >= 15 is 0 Å². The first-order valence-corrected chi connectivity index (χ1v) is 6.95. The molecule has 0 aliphatic heterocycles. The van der Waals surface area contributed by atoms with Crippen molar-refractivity contribution in [2.75, 3.05) is 32.1 Å². The number of hydrogen-bond acceptors (Lipinski definition) is 6. The van der Waals surface area contributed by atoms with Crippen LogP contribution >= 0.6 is 12.4 Å². The van der Waals surface area contributed by atoms with Crippen LogP contribution in [0.25, 0.3) is 0 Å². The number of likely N-dealkylation sites (N-methyl/N-ethyl adjacent to an activating group) is 1. The van der Waals surface area contributed by atoms with Gasteiger partial charge in [0, 0.05) is 6.54 Å². The van der Waals surface area contributed by atoms with Gasteiger partial charge in [-0.25, -0.2) is 0 Å². The largest absolute Gasteiger partial charge is 0.494 e. The molecule has 0 saturated carbocycles. The van der Waals surface area contributed by atoms with Crippen molar-refractivity contribution >= 4 is 35.7 Å². The van der Waals surface area contributed by atoms with Gasteiger partial charge < -0.3 is 15.2 Å². The summed E-state index contributed by atoms with van der Waals surface area (Å²) in [6.45, 7) is 2.26. The Morgan fingerprint density at radius 1 is 1.42 bits per heavy atom. The molecule has 1 aromatic rings. The van der Waals surface area contributed by atoms with Gasteiger partial charge in [-0.05, 0) is 26.1 Å². The van der Waals surface area contributed by atoms with Crippen molar-refractivity contribution in [2.24, 2.45) is 0 Å². The number of carboxylic acids is 1. The summed E-state index contributed by atoms with van der Waals surface area (Å²) < 4.78 is 5.19. The van der Waals surface area contributed by atoms with Crippen LogP contribution in [0, 0.1) is 10.1 Å². The average Bonchev–Trinajstić information content (AvgIpc) is 2.46. The first kappa shape index (κ1) is 21.6. The molecule has 10 heteroatoms. The van der Waals surface area contributed by atoms with Crippen LogP contribution in [0.2, 0.25) is 0 Å². The van der Waals surface area contributed by atoms with Gasteiger partial charge in [0.15, 0.2) is 0 Å². The third-order valence-corrected chi connectivity index (χ3v) is 2.87. The summed E-state index contributed by atoms with van der Waals surface area (Å²) in [5.41, 5.74) is -0.201. The van der Waals surface area contributed by atoms with E-state index in [9.17, 15) is 19.7 Å². The molecule has 134 valence electrons. The van der Waals surface area contributed by atoms with Crippen molar-refractivity contribution < 1.29 is 24.4 Å². The normalized spacial score (nSPS) is 9.96. The van der Waals surface area contributed by atoms with Crippen LogP contribution in [-0.4, -0.2) is 53.6 Å². The van der Waals surface area contributed by atoms with E-state index in [0.717, 1.165) is 0 Å². The van der Waals surface area contributed by atoms with Crippen molar-refractivity contribution in [3.63, 3.8) is 0 Å². The number of hydrogen-bond donors (Lipinski definition) is 2. The number of carbonyl (C=O) groups is 2. The Hall–Kier alpha value is -2.39. The molecule has 0 fully saturated rings. The summed E-state index contributed by atoms with van der Waals surface area (Å²) in [5.74, 6) is -1.08. The number of ether oxygens (including phenoxy) is 1. The molecule has 0 unspecified atom stereocenters. The first-order chi connectivity index (χ1) is 10.8. The predicted octanol–water partition coefficient (Wildman–Crippen LogP) is 1.76. The van der Waals surface area contributed by atoms with Gasteiger partial charge in [0.1, 0.15) is 11.4 Å². The molecule has 0 bridgehead atoms. The number of anilines is 1. The van der Waals surface area contributed by atoms with Crippen LogP contribution in [0.15, 0.2) is 18.2 Å². The molecule has 2 N–H and O–H groups in total. The number of carboxylic acid groups (broad SMARTS) is 1. The third kappa shape index (κ3) is 7.25. The predicted molar refractivity (Wildman–Crippen MR) is 89.9 cm³/mol. The number of benzene rings is 1. The van der Waals surface area contributed by atoms with Crippen LogP contribution in [0.4, 0.5) is 11.4 Å². The fourth-order valence-electron chi connectivity index (χ4n) is 1.83. The van der Waals surface area contributed by atoms with E-state index in [1.807, 2.05) is 0 Å². The topological polar surface area (TPSA) is 122 Å². The zero-order valence-electron chi connectivity index (χ0n) is 13.4. The zero-order chi connectivity index (χ0) is 17.4. The number of nitro benzene ring substituents is 1. The molecule has 0 atom stereocenters. The fourth-order valence-corrected chi connectivity index (χ4v) is 1.83. The molecule has 0 saturated heterocycles. The lowest BCUT2D eigenvalue weighted by molar-refractivity contribution is -0.384. The number of nitrogens with one attached hydrogen (secondary N) is 1. The molecule has 0 aromatic heterocycles. The minimum atomic E-state index is -0.959. The van der Waals surface area contributed by atoms with Crippen LogP contribution in [0.1, 0.15) is 13.3 Å². The molecule has 0 spiro atoms. The van der Waals surface area contributed by atoms with Gasteiger partial charge in [-0.1, -0.05) is 0 Å². The highest BCUT2D eigenvalue weighted by molar-refractivity contribution is 5.94. The standard InChI is InChI=1S/C14H19N3O6.ClH/c1-3-23-10-4-5-11(12(8-10)17(21)22)15-13(18)9-16(2)7-6-14(19)20;/h4-5,8H,3,6-7,9H2,1-2H3,(H,15,18)(H,19,20);1H. The Balaban J connectivity index is 0.00000529. The Morgan fingerprint density at radius 3 is 2.62 bits per heavy atom. The first-order valence-electron chi connectivity index (χ1n) is 6.95. The van der Waals surface area contributed by atoms with Gasteiger partial charge >= 0.3 is 5.97 Å². The lowest BCUT2D eigenvalue weighted by atomic mass is 10.2. The maximum absolute atomic E-state index is 11.9. The Morgan fingerprint density at radius 2 is 2.08 bits per heavy atom. The summed E-state index contributed by atoms with van der Waals surface area (Å²) >= 11 is 0. The summed E-state index contributed by atoms with van der Waals surface area (Å²) in [6, 6.07) is 4.17. The van der Waals surface area contributed by atoms with E-state index in [4.69, 9.17) is 9.84 Å². The number of halogens is 1. The number of amides is 1. The second-order valence-electron chi connectivity index (χ2n) is 4.80. The molecule has 0 heterocycles. The van der Waals surface area contributed by atoms with Crippen molar-refractivity contribution in [2.45, 2.75) is 13.3 Å². The number of nitro groups is 1. The summed E-state index contributed by atoms with van der Waals surface area (Å²) in [7, 11) is 1.59. The molecule has 0 aliphatic carbocycles. The van der Waals surface area contributed by atoms with Crippen LogP contribution in [0.5, 0.6) is 5.75 Å². The van der Waals surface area contributed by atoms with Gasteiger partial charge in [-0.2, -0.15) is 0 Å². The molecule has 0 radical (unpaired) electrons. The Bertz CT molecular complexity index is 596. The molecular weight excluding hydrogens is 342 g/mol. The molecule has 1 rings (SSSR count). The van der Waals surface area contributed by atoms with Gasteiger partial charge in [0.05, 0.1) is 30.6 Å². The van der Waals surface area contributed by atoms with Crippen LogP contribution < -0.4 is 10.1 Å². The van der Waals surface area contributed by atoms with Gasteiger partial charge in [0.25, 0.3) is 5.69 Å². The van der Waals surface area contributed by atoms with Crippen LogP contribution in [-0.2, 0) is 9.59 Å². The third-order valence-electron chi connectivity index (χ3n) is 2.87. The molecule has 9 nitrogen and oxygen atoms in total. The number of aliphatic carboxylic acids is 1. The van der Waals surface area contributed by atoms with Crippen LogP contribution in [0.3, 0.4) is 0 Å².